The topological polar surface area (TPSA) is 85.8 Å². The van der Waals surface area contributed by atoms with E-state index < -0.39 is 0 Å². The standard InChI is InChI=1S/C16H23N5OS2/c1-9(2)12-8-6-7-10(3)13(12)18-14(22)11(4)24-16-20-19-15(23-5)21(16)17/h6-9,11H,17H2,1-5H3,(H,18,22)/t11-/m1/s1. The Bertz CT molecular complexity index is 729. The van der Waals surface area contributed by atoms with E-state index in [1.807, 2.05) is 38.3 Å². The van der Waals surface area contributed by atoms with Crippen LogP contribution in [0.25, 0.3) is 0 Å². The van der Waals surface area contributed by atoms with E-state index >= 15 is 0 Å². The maximum atomic E-state index is 12.6. The van der Waals surface area contributed by atoms with Crippen molar-refractivity contribution < 1.29 is 4.79 Å². The first-order valence-electron chi connectivity index (χ1n) is 7.66. The number of nitrogens with zero attached hydrogens (tertiary/aromatic N) is 3. The van der Waals surface area contributed by atoms with Crippen LogP contribution in [0.3, 0.4) is 0 Å². The number of anilines is 1. The van der Waals surface area contributed by atoms with Gasteiger partial charge in [0.15, 0.2) is 0 Å². The highest BCUT2D eigenvalue weighted by Crippen LogP contribution is 2.29. The van der Waals surface area contributed by atoms with Crippen molar-refractivity contribution in [2.75, 3.05) is 17.4 Å². The second-order valence-corrected chi connectivity index (χ2v) is 7.86. The van der Waals surface area contributed by atoms with Crippen molar-refractivity contribution >= 4 is 35.1 Å². The Morgan fingerprint density at radius 3 is 2.50 bits per heavy atom. The molecule has 0 saturated heterocycles. The molecule has 24 heavy (non-hydrogen) atoms. The van der Waals surface area contributed by atoms with Gasteiger partial charge in [-0.1, -0.05) is 55.6 Å². The maximum Gasteiger partial charge on any atom is 0.237 e. The van der Waals surface area contributed by atoms with Gasteiger partial charge in [0.25, 0.3) is 0 Å². The zero-order chi connectivity index (χ0) is 17.9. The second-order valence-electron chi connectivity index (χ2n) is 5.78. The van der Waals surface area contributed by atoms with Gasteiger partial charge < -0.3 is 11.2 Å². The Balaban J connectivity index is 2.13. The molecule has 0 radical (unpaired) electrons. The smallest absolute Gasteiger partial charge is 0.237 e. The molecule has 2 rings (SSSR count). The molecule has 0 aliphatic rings. The van der Waals surface area contributed by atoms with Crippen molar-refractivity contribution in [1.82, 2.24) is 14.9 Å². The maximum absolute atomic E-state index is 12.6. The summed E-state index contributed by atoms with van der Waals surface area (Å²) in [5, 5.41) is 11.9. The van der Waals surface area contributed by atoms with E-state index in [0.717, 1.165) is 16.8 Å². The number of nitrogen functional groups attached to an aromatic ring is 1. The van der Waals surface area contributed by atoms with Crippen molar-refractivity contribution in [3.8, 4) is 0 Å². The largest absolute Gasteiger partial charge is 0.335 e. The molecule has 0 aliphatic heterocycles. The summed E-state index contributed by atoms with van der Waals surface area (Å²) in [5.74, 6) is 6.18. The number of hydrogen-bond acceptors (Lipinski definition) is 6. The predicted molar refractivity (Wildman–Crippen MR) is 101 cm³/mol. The minimum absolute atomic E-state index is 0.0788. The number of carbonyl (C=O) groups excluding carboxylic acids is 1. The summed E-state index contributed by atoms with van der Waals surface area (Å²) in [7, 11) is 0. The monoisotopic (exact) mass is 365 g/mol. The number of nitrogens with one attached hydrogen (secondary N) is 1. The fraction of sp³-hybridized carbons (Fsp3) is 0.438. The van der Waals surface area contributed by atoms with E-state index in [4.69, 9.17) is 5.84 Å². The van der Waals surface area contributed by atoms with Crippen LogP contribution < -0.4 is 11.2 Å². The molecule has 0 spiro atoms. The highest BCUT2D eigenvalue weighted by molar-refractivity contribution is 8.00. The molecule has 1 heterocycles. The lowest BCUT2D eigenvalue weighted by atomic mass is 9.98. The van der Waals surface area contributed by atoms with Gasteiger partial charge in [0, 0.05) is 5.69 Å². The number of aromatic nitrogens is 3. The number of para-hydroxylation sites is 1. The molecule has 3 N–H and O–H groups in total. The van der Waals surface area contributed by atoms with Crippen molar-refractivity contribution in [2.45, 2.75) is 49.2 Å². The summed E-state index contributed by atoms with van der Waals surface area (Å²) < 4.78 is 1.41. The number of amides is 1. The van der Waals surface area contributed by atoms with Crippen LogP contribution in [0.5, 0.6) is 0 Å². The summed E-state index contributed by atoms with van der Waals surface area (Å²) in [6.07, 6.45) is 1.88. The number of nitrogens with two attached hydrogens (primary N) is 1. The van der Waals surface area contributed by atoms with Crippen molar-refractivity contribution in [1.29, 1.82) is 0 Å². The number of rotatable bonds is 6. The molecule has 0 unspecified atom stereocenters. The Hall–Kier alpha value is -1.67. The number of benzene rings is 1. The Labute approximate surface area is 151 Å². The Kier molecular flexibility index (Phi) is 6.17. The molecule has 0 saturated carbocycles. The zero-order valence-electron chi connectivity index (χ0n) is 14.5. The number of carbonyl (C=O) groups is 1. The highest BCUT2D eigenvalue weighted by Gasteiger charge is 2.21. The molecule has 0 bridgehead atoms. The van der Waals surface area contributed by atoms with Crippen LogP contribution in [-0.4, -0.2) is 32.3 Å². The van der Waals surface area contributed by atoms with Crippen molar-refractivity contribution in [3.63, 3.8) is 0 Å². The molecule has 1 amide bonds. The third kappa shape index (κ3) is 4.05. The van der Waals surface area contributed by atoms with Crippen molar-refractivity contribution in [3.05, 3.63) is 29.3 Å². The lowest BCUT2D eigenvalue weighted by molar-refractivity contribution is -0.115. The van der Waals surface area contributed by atoms with Gasteiger partial charge in [-0.05, 0) is 37.1 Å². The highest BCUT2D eigenvalue weighted by atomic mass is 32.2. The molecule has 6 nitrogen and oxygen atoms in total. The van der Waals surface area contributed by atoms with Gasteiger partial charge in [0.2, 0.25) is 16.2 Å². The van der Waals surface area contributed by atoms with E-state index in [1.54, 1.807) is 0 Å². The molecule has 130 valence electrons. The van der Waals surface area contributed by atoms with Gasteiger partial charge >= 0.3 is 0 Å². The van der Waals surface area contributed by atoms with Gasteiger partial charge in [0.05, 0.1) is 5.25 Å². The first-order valence-corrected chi connectivity index (χ1v) is 9.77. The van der Waals surface area contributed by atoms with E-state index in [9.17, 15) is 4.79 Å². The molecule has 1 aromatic heterocycles. The van der Waals surface area contributed by atoms with E-state index in [-0.39, 0.29) is 11.2 Å². The average Bonchev–Trinajstić information content (AvgIpc) is 2.89. The van der Waals surface area contributed by atoms with Gasteiger partial charge in [0.1, 0.15) is 0 Å². The predicted octanol–water partition coefficient (Wildman–Crippen LogP) is 3.26. The van der Waals surface area contributed by atoms with Crippen LogP contribution in [0.1, 0.15) is 37.8 Å². The molecule has 0 aliphatic carbocycles. The fourth-order valence-corrected chi connectivity index (χ4v) is 3.50. The van der Waals surface area contributed by atoms with Crippen LogP contribution in [-0.2, 0) is 4.79 Å². The van der Waals surface area contributed by atoms with Gasteiger partial charge in [-0.3, -0.25) is 4.79 Å². The first kappa shape index (κ1) is 18.7. The van der Waals surface area contributed by atoms with Crippen molar-refractivity contribution in [2.24, 2.45) is 0 Å². The summed E-state index contributed by atoms with van der Waals surface area (Å²) >= 11 is 2.70. The minimum atomic E-state index is -0.342. The van der Waals surface area contributed by atoms with Crippen LogP contribution in [0, 0.1) is 6.92 Å². The quantitative estimate of drug-likeness (QED) is 0.604. The molecular formula is C16H23N5OS2. The number of thioether (sulfide) groups is 2. The van der Waals surface area contributed by atoms with Crippen LogP contribution in [0.15, 0.2) is 28.5 Å². The fourth-order valence-electron chi connectivity index (χ4n) is 2.26. The normalized spacial score (nSPS) is 12.4. The van der Waals surface area contributed by atoms with Gasteiger partial charge in [-0.15, -0.1) is 10.2 Å². The Morgan fingerprint density at radius 2 is 1.92 bits per heavy atom. The summed E-state index contributed by atoms with van der Waals surface area (Å²) in [6, 6.07) is 6.06. The van der Waals surface area contributed by atoms with Gasteiger partial charge in [-0.2, -0.15) is 0 Å². The number of aryl methyl sites for hydroxylation is 1. The summed E-state index contributed by atoms with van der Waals surface area (Å²) in [6.45, 7) is 8.06. The molecule has 1 atom stereocenters. The number of hydrogen-bond donors (Lipinski definition) is 2. The average molecular weight is 366 g/mol. The van der Waals surface area contributed by atoms with E-state index in [2.05, 4.69) is 29.4 Å². The molecular weight excluding hydrogens is 342 g/mol. The van der Waals surface area contributed by atoms with E-state index in [1.165, 1.54) is 28.2 Å². The second kappa shape index (κ2) is 7.94. The summed E-state index contributed by atoms with van der Waals surface area (Å²) in [5.41, 5.74) is 3.08. The molecule has 2 aromatic rings. The summed E-state index contributed by atoms with van der Waals surface area (Å²) in [4.78, 5) is 12.6. The first-order chi connectivity index (χ1) is 11.3. The Morgan fingerprint density at radius 1 is 1.25 bits per heavy atom. The van der Waals surface area contributed by atoms with Crippen LogP contribution in [0.2, 0.25) is 0 Å². The third-order valence-electron chi connectivity index (χ3n) is 3.64. The lowest BCUT2D eigenvalue weighted by Crippen LogP contribution is -2.24. The SMILES string of the molecule is CSc1nnc(S[C@H](C)C(=O)Nc2c(C)cccc2C(C)C)n1N. The van der Waals surface area contributed by atoms with Crippen LogP contribution >= 0.6 is 23.5 Å². The lowest BCUT2D eigenvalue weighted by Gasteiger charge is -2.18. The molecule has 1 aromatic carbocycles. The zero-order valence-corrected chi connectivity index (χ0v) is 16.2. The third-order valence-corrected chi connectivity index (χ3v) is 5.34. The molecule has 0 fully saturated rings. The molecule has 8 heteroatoms. The van der Waals surface area contributed by atoms with E-state index in [0.29, 0.717) is 16.2 Å². The minimum Gasteiger partial charge on any atom is -0.335 e. The van der Waals surface area contributed by atoms with Crippen LogP contribution in [0.4, 0.5) is 5.69 Å². The van der Waals surface area contributed by atoms with Gasteiger partial charge in [-0.25, -0.2) is 4.68 Å².